The van der Waals surface area contributed by atoms with Gasteiger partial charge in [-0.25, -0.2) is 0 Å². The highest BCUT2D eigenvalue weighted by Gasteiger charge is 2.24. The molecule has 1 aliphatic heterocycles. The molecule has 1 aromatic carbocycles. The van der Waals surface area contributed by atoms with Crippen LogP contribution in [0.2, 0.25) is 5.02 Å². The molecule has 2 aliphatic rings. The largest absolute Gasteiger partial charge is 0.379 e. The molecule has 0 amide bonds. The predicted molar refractivity (Wildman–Crippen MR) is 82.2 cm³/mol. The Morgan fingerprint density at radius 2 is 1.90 bits per heavy atom. The maximum Gasteiger partial charge on any atom is 0.0594 e. The van der Waals surface area contributed by atoms with E-state index in [-0.39, 0.29) is 0 Å². The molecular formula is C16H23ClN2O. The lowest BCUT2D eigenvalue weighted by Gasteiger charge is -2.35. The van der Waals surface area contributed by atoms with Crippen molar-refractivity contribution < 1.29 is 4.74 Å². The van der Waals surface area contributed by atoms with Crippen molar-refractivity contribution in [2.75, 3.05) is 39.4 Å². The van der Waals surface area contributed by atoms with E-state index in [0.717, 1.165) is 50.3 Å². The summed E-state index contributed by atoms with van der Waals surface area (Å²) >= 11 is 6.01. The zero-order chi connectivity index (χ0) is 13.8. The van der Waals surface area contributed by atoms with E-state index >= 15 is 0 Å². The number of nitrogens with one attached hydrogen (secondary N) is 1. The van der Waals surface area contributed by atoms with Gasteiger partial charge < -0.3 is 10.1 Å². The molecule has 1 saturated carbocycles. The summed E-state index contributed by atoms with van der Waals surface area (Å²) in [6, 6.07) is 8.72. The fourth-order valence-electron chi connectivity index (χ4n) is 2.78. The Hall–Kier alpha value is -0.610. The first-order valence-electron chi connectivity index (χ1n) is 7.61. The van der Waals surface area contributed by atoms with Crippen molar-refractivity contribution in [1.82, 2.24) is 10.2 Å². The highest BCUT2D eigenvalue weighted by atomic mass is 35.5. The lowest BCUT2D eigenvalue weighted by atomic mass is 10.0. The standard InChI is InChI=1S/C16H23ClN2O/c17-15-5-3-14(4-6-15)16(12-18-11-13-1-2-13)19-7-9-20-10-8-19/h3-6,13,16,18H,1-2,7-12H2. The molecule has 1 heterocycles. The van der Waals surface area contributed by atoms with E-state index in [1.807, 2.05) is 12.1 Å². The molecule has 1 unspecified atom stereocenters. The summed E-state index contributed by atoms with van der Waals surface area (Å²) in [6.45, 7) is 5.88. The van der Waals surface area contributed by atoms with Gasteiger partial charge in [-0.3, -0.25) is 4.90 Å². The third kappa shape index (κ3) is 3.95. The van der Waals surface area contributed by atoms with E-state index in [1.54, 1.807) is 0 Å². The highest BCUT2D eigenvalue weighted by molar-refractivity contribution is 6.30. The zero-order valence-electron chi connectivity index (χ0n) is 11.9. The molecule has 1 atom stereocenters. The number of hydrogen-bond acceptors (Lipinski definition) is 3. The number of hydrogen-bond donors (Lipinski definition) is 1. The first kappa shape index (κ1) is 14.3. The Morgan fingerprint density at radius 3 is 2.55 bits per heavy atom. The Bertz CT molecular complexity index is 413. The monoisotopic (exact) mass is 294 g/mol. The van der Waals surface area contributed by atoms with Crippen LogP contribution in [0.3, 0.4) is 0 Å². The molecule has 3 rings (SSSR count). The van der Waals surface area contributed by atoms with E-state index in [0.29, 0.717) is 6.04 Å². The zero-order valence-corrected chi connectivity index (χ0v) is 12.6. The molecule has 0 radical (unpaired) electrons. The van der Waals surface area contributed by atoms with Gasteiger partial charge in [-0.15, -0.1) is 0 Å². The number of halogens is 1. The van der Waals surface area contributed by atoms with Crippen LogP contribution in [0.25, 0.3) is 0 Å². The smallest absolute Gasteiger partial charge is 0.0594 e. The number of nitrogens with zero attached hydrogens (tertiary/aromatic N) is 1. The summed E-state index contributed by atoms with van der Waals surface area (Å²) < 4.78 is 5.47. The van der Waals surface area contributed by atoms with Crippen molar-refractivity contribution in [3.05, 3.63) is 34.9 Å². The number of benzene rings is 1. The summed E-state index contributed by atoms with van der Waals surface area (Å²) in [5.74, 6) is 0.922. The quantitative estimate of drug-likeness (QED) is 0.873. The minimum Gasteiger partial charge on any atom is -0.379 e. The molecule has 0 spiro atoms. The highest BCUT2D eigenvalue weighted by Crippen LogP contribution is 2.28. The Kier molecular flexibility index (Phi) is 4.94. The van der Waals surface area contributed by atoms with E-state index in [9.17, 15) is 0 Å². The molecule has 3 nitrogen and oxygen atoms in total. The summed E-state index contributed by atoms with van der Waals surface area (Å²) in [6.07, 6.45) is 2.80. The Labute approximate surface area is 126 Å². The molecule has 0 aromatic heterocycles. The minimum atomic E-state index is 0.426. The summed E-state index contributed by atoms with van der Waals surface area (Å²) in [5.41, 5.74) is 1.35. The van der Waals surface area contributed by atoms with Gasteiger partial charge in [0.25, 0.3) is 0 Å². The SMILES string of the molecule is Clc1ccc(C(CNCC2CC2)N2CCOCC2)cc1. The maximum atomic E-state index is 6.01. The maximum absolute atomic E-state index is 6.01. The van der Waals surface area contributed by atoms with Crippen LogP contribution in [0.4, 0.5) is 0 Å². The molecule has 1 aromatic rings. The number of rotatable bonds is 6. The topological polar surface area (TPSA) is 24.5 Å². The van der Waals surface area contributed by atoms with Gasteiger partial charge in [-0.05, 0) is 43.0 Å². The van der Waals surface area contributed by atoms with Gasteiger partial charge >= 0.3 is 0 Å². The second-order valence-electron chi connectivity index (χ2n) is 5.82. The van der Waals surface area contributed by atoms with Gasteiger partial charge in [-0.1, -0.05) is 23.7 Å². The second kappa shape index (κ2) is 6.90. The molecular weight excluding hydrogens is 272 g/mol. The molecule has 1 aliphatic carbocycles. The van der Waals surface area contributed by atoms with Gasteiger partial charge in [-0.2, -0.15) is 0 Å². The molecule has 110 valence electrons. The number of morpholine rings is 1. The van der Waals surface area contributed by atoms with Crippen LogP contribution in [0.15, 0.2) is 24.3 Å². The van der Waals surface area contributed by atoms with Crippen molar-refractivity contribution in [3.8, 4) is 0 Å². The van der Waals surface area contributed by atoms with Gasteiger partial charge in [0, 0.05) is 30.7 Å². The lowest BCUT2D eigenvalue weighted by Crippen LogP contribution is -2.43. The third-order valence-electron chi connectivity index (χ3n) is 4.21. The Morgan fingerprint density at radius 1 is 1.20 bits per heavy atom. The second-order valence-corrected chi connectivity index (χ2v) is 6.25. The van der Waals surface area contributed by atoms with Crippen LogP contribution >= 0.6 is 11.6 Å². The normalized spacial score (nSPS) is 21.9. The lowest BCUT2D eigenvalue weighted by molar-refractivity contribution is 0.0161. The third-order valence-corrected chi connectivity index (χ3v) is 4.46. The fourth-order valence-corrected chi connectivity index (χ4v) is 2.90. The molecule has 1 N–H and O–H groups in total. The van der Waals surface area contributed by atoms with Crippen LogP contribution in [0.1, 0.15) is 24.4 Å². The van der Waals surface area contributed by atoms with Crippen LogP contribution in [-0.4, -0.2) is 44.3 Å². The van der Waals surface area contributed by atoms with Crippen LogP contribution < -0.4 is 5.32 Å². The van der Waals surface area contributed by atoms with Gasteiger partial charge in [0.1, 0.15) is 0 Å². The molecule has 2 fully saturated rings. The molecule has 20 heavy (non-hydrogen) atoms. The molecule has 4 heteroatoms. The van der Waals surface area contributed by atoms with Crippen LogP contribution in [0, 0.1) is 5.92 Å². The van der Waals surface area contributed by atoms with Crippen molar-refractivity contribution in [2.24, 2.45) is 5.92 Å². The fraction of sp³-hybridized carbons (Fsp3) is 0.625. The molecule has 0 bridgehead atoms. The van der Waals surface area contributed by atoms with Gasteiger partial charge in [0.05, 0.1) is 13.2 Å². The van der Waals surface area contributed by atoms with Gasteiger partial charge in [0.2, 0.25) is 0 Å². The van der Waals surface area contributed by atoms with Crippen molar-refractivity contribution in [3.63, 3.8) is 0 Å². The first-order chi connectivity index (χ1) is 9.83. The average Bonchev–Trinajstić information content (AvgIpc) is 3.30. The predicted octanol–water partition coefficient (Wildman–Crippen LogP) is 2.71. The minimum absolute atomic E-state index is 0.426. The van der Waals surface area contributed by atoms with E-state index in [4.69, 9.17) is 16.3 Å². The summed E-state index contributed by atoms with van der Waals surface area (Å²) in [7, 11) is 0. The first-order valence-corrected chi connectivity index (χ1v) is 7.99. The van der Waals surface area contributed by atoms with Crippen LogP contribution in [-0.2, 0) is 4.74 Å². The van der Waals surface area contributed by atoms with E-state index in [2.05, 4.69) is 22.3 Å². The van der Waals surface area contributed by atoms with E-state index in [1.165, 1.54) is 18.4 Å². The molecule has 1 saturated heterocycles. The van der Waals surface area contributed by atoms with Crippen molar-refractivity contribution in [1.29, 1.82) is 0 Å². The average molecular weight is 295 g/mol. The van der Waals surface area contributed by atoms with Crippen molar-refractivity contribution >= 4 is 11.6 Å². The van der Waals surface area contributed by atoms with Crippen LogP contribution in [0.5, 0.6) is 0 Å². The van der Waals surface area contributed by atoms with Crippen molar-refractivity contribution in [2.45, 2.75) is 18.9 Å². The number of ether oxygens (including phenoxy) is 1. The van der Waals surface area contributed by atoms with Gasteiger partial charge in [0.15, 0.2) is 0 Å². The Balaban J connectivity index is 1.65. The summed E-state index contributed by atoms with van der Waals surface area (Å²) in [5, 5.41) is 4.45. The summed E-state index contributed by atoms with van der Waals surface area (Å²) in [4.78, 5) is 2.52. The van der Waals surface area contributed by atoms with E-state index < -0.39 is 0 Å².